The predicted molar refractivity (Wildman–Crippen MR) is 83.6 cm³/mol. The topological polar surface area (TPSA) is 138 Å². The van der Waals surface area contributed by atoms with Crippen LogP contribution in [0.25, 0.3) is 10.9 Å². The third-order valence-corrected chi connectivity index (χ3v) is 3.36. The summed E-state index contributed by atoms with van der Waals surface area (Å²) in [4.78, 5) is 39.9. The van der Waals surface area contributed by atoms with Crippen LogP contribution >= 0.6 is 0 Å². The fraction of sp³-hybridized carbons (Fsp3) is 0.357. The number of aliphatic carboxylic acids is 1. The second-order valence-electron chi connectivity index (χ2n) is 5.05. The van der Waals surface area contributed by atoms with Crippen LogP contribution in [0.3, 0.4) is 0 Å². The summed E-state index contributed by atoms with van der Waals surface area (Å²) < 4.78 is 0. The maximum absolute atomic E-state index is 12.0. The van der Waals surface area contributed by atoms with Crippen LogP contribution in [0.15, 0.2) is 23.0 Å². The second-order valence-corrected chi connectivity index (χ2v) is 5.05. The third kappa shape index (κ3) is 3.82. The standard InChI is InChI=1S/C14H16N4O5/c1-2-3-4-11(13(20)21)16-14-15-10-6-5-8(18(22)23)7-9(10)12(19)17-14/h5-7,11H,2-4H2,1H3,(H,20,21)(H2,15,16,17,19). The fourth-order valence-corrected chi connectivity index (χ4v) is 2.14. The number of carboxylic acid groups (broad SMARTS) is 1. The van der Waals surface area contributed by atoms with Crippen LogP contribution in [-0.2, 0) is 4.79 Å². The lowest BCUT2D eigenvalue weighted by Crippen LogP contribution is -2.31. The summed E-state index contributed by atoms with van der Waals surface area (Å²) in [6, 6.07) is 2.87. The Morgan fingerprint density at radius 2 is 2.26 bits per heavy atom. The van der Waals surface area contributed by atoms with Crippen LogP contribution in [-0.4, -0.2) is 32.0 Å². The van der Waals surface area contributed by atoms with Crippen molar-refractivity contribution >= 4 is 28.5 Å². The molecule has 1 aromatic carbocycles. The number of non-ortho nitro benzene ring substituents is 1. The van der Waals surface area contributed by atoms with Crippen LogP contribution in [0, 0.1) is 10.1 Å². The number of unbranched alkanes of at least 4 members (excludes halogenated alkanes) is 1. The number of nitro groups is 1. The minimum atomic E-state index is -1.04. The summed E-state index contributed by atoms with van der Waals surface area (Å²) in [6.07, 6.45) is 1.96. The van der Waals surface area contributed by atoms with Crippen LogP contribution in [0.4, 0.5) is 11.6 Å². The monoisotopic (exact) mass is 320 g/mol. The van der Waals surface area contributed by atoms with Gasteiger partial charge in [-0.25, -0.2) is 9.78 Å². The van der Waals surface area contributed by atoms with Crippen molar-refractivity contribution in [1.29, 1.82) is 0 Å². The molecule has 1 heterocycles. The van der Waals surface area contributed by atoms with Crippen molar-refractivity contribution in [2.24, 2.45) is 0 Å². The summed E-state index contributed by atoms with van der Waals surface area (Å²) in [6.45, 7) is 1.95. The van der Waals surface area contributed by atoms with E-state index in [0.717, 1.165) is 12.5 Å². The lowest BCUT2D eigenvalue weighted by atomic mass is 10.1. The SMILES string of the molecule is CCCCC(Nc1nc2ccc([N+](=O)[O-])cc2c(=O)[nH]1)C(=O)O. The summed E-state index contributed by atoms with van der Waals surface area (Å²) in [5.41, 5.74) is -0.529. The van der Waals surface area contributed by atoms with Crippen molar-refractivity contribution in [2.75, 3.05) is 5.32 Å². The largest absolute Gasteiger partial charge is 0.480 e. The van der Waals surface area contributed by atoms with Gasteiger partial charge in [-0.1, -0.05) is 19.8 Å². The Labute approximate surface area is 130 Å². The highest BCUT2D eigenvalue weighted by atomic mass is 16.6. The lowest BCUT2D eigenvalue weighted by molar-refractivity contribution is -0.384. The minimum absolute atomic E-state index is 0.0276. The molecule has 9 nitrogen and oxygen atoms in total. The number of aromatic nitrogens is 2. The van der Waals surface area contributed by atoms with Gasteiger partial charge in [-0.2, -0.15) is 0 Å². The molecular formula is C14H16N4O5. The van der Waals surface area contributed by atoms with Crippen LogP contribution in [0.5, 0.6) is 0 Å². The van der Waals surface area contributed by atoms with E-state index in [-0.39, 0.29) is 22.5 Å². The van der Waals surface area contributed by atoms with Gasteiger partial charge < -0.3 is 10.4 Å². The molecule has 3 N–H and O–H groups in total. The zero-order chi connectivity index (χ0) is 17.0. The fourth-order valence-electron chi connectivity index (χ4n) is 2.14. The first-order chi connectivity index (χ1) is 10.9. The number of carbonyl (C=O) groups is 1. The Bertz CT molecular complexity index is 801. The first kappa shape index (κ1) is 16.4. The molecule has 23 heavy (non-hydrogen) atoms. The highest BCUT2D eigenvalue weighted by Gasteiger charge is 2.18. The van der Waals surface area contributed by atoms with Crippen molar-refractivity contribution in [3.63, 3.8) is 0 Å². The van der Waals surface area contributed by atoms with Crippen molar-refractivity contribution in [1.82, 2.24) is 9.97 Å². The number of nitro benzene ring substituents is 1. The number of carboxylic acids is 1. The van der Waals surface area contributed by atoms with Gasteiger partial charge in [0.25, 0.3) is 11.2 Å². The predicted octanol–water partition coefficient (Wildman–Crippen LogP) is 1.89. The number of rotatable bonds is 7. The van der Waals surface area contributed by atoms with Gasteiger partial charge in [0, 0.05) is 12.1 Å². The lowest BCUT2D eigenvalue weighted by Gasteiger charge is -2.14. The minimum Gasteiger partial charge on any atom is -0.480 e. The third-order valence-electron chi connectivity index (χ3n) is 3.36. The molecule has 0 bridgehead atoms. The average Bonchev–Trinajstić information content (AvgIpc) is 2.50. The zero-order valence-electron chi connectivity index (χ0n) is 12.4. The molecule has 0 saturated heterocycles. The molecule has 0 fully saturated rings. The molecule has 1 aromatic heterocycles. The van der Waals surface area contributed by atoms with Gasteiger partial charge in [0.1, 0.15) is 6.04 Å². The number of nitrogens with one attached hydrogen (secondary N) is 2. The normalized spacial score (nSPS) is 12.0. The molecule has 0 radical (unpaired) electrons. The van der Waals surface area contributed by atoms with E-state index in [1.54, 1.807) is 0 Å². The van der Waals surface area contributed by atoms with E-state index in [1.807, 2.05) is 6.92 Å². The van der Waals surface area contributed by atoms with Crippen LogP contribution < -0.4 is 10.9 Å². The maximum Gasteiger partial charge on any atom is 0.326 e. The van der Waals surface area contributed by atoms with E-state index in [1.165, 1.54) is 12.1 Å². The molecule has 0 saturated carbocycles. The molecule has 1 unspecified atom stereocenters. The number of H-pyrrole nitrogens is 1. The number of anilines is 1. The highest BCUT2D eigenvalue weighted by Crippen LogP contribution is 2.17. The molecule has 1 atom stereocenters. The number of fused-ring (bicyclic) bond motifs is 1. The Kier molecular flexibility index (Phi) is 4.89. The summed E-state index contributed by atoms with van der Waals surface area (Å²) >= 11 is 0. The summed E-state index contributed by atoms with van der Waals surface area (Å²) in [7, 11) is 0. The molecular weight excluding hydrogens is 304 g/mol. The van der Waals surface area contributed by atoms with Gasteiger partial charge in [-0.3, -0.25) is 19.9 Å². The van der Waals surface area contributed by atoms with E-state index in [9.17, 15) is 24.8 Å². The molecule has 0 amide bonds. The van der Waals surface area contributed by atoms with E-state index >= 15 is 0 Å². The quantitative estimate of drug-likeness (QED) is 0.523. The Morgan fingerprint density at radius 1 is 1.52 bits per heavy atom. The number of hydrogen-bond donors (Lipinski definition) is 3. The first-order valence-electron chi connectivity index (χ1n) is 7.10. The van der Waals surface area contributed by atoms with Gasteiger partial charge in [0.2, 0.25) is 5.95 Å². The first-order valence-corrected chi connectivity index (χ1v) is 7.10. The summed E-state index contributed by atoms with van der Waals surface area (Å²) in [5, 5.41) is 22.7. The Balaban J connectivity index is 2.35. The van der Waals surface area contributed by atoms with Gasteiger partial charge in [-0.05, 0) is 12.5 Å². The van der Waals surface area contributed by atoms with E-state index in [0.29, 0.717) is 12.8 Å². The van der Waals surface area contributed by atoms with Crippen molar-refractivity contribution in [3.05, 3.63) is 38.7 Å². The molecule has 0 aliphatic rings. The molecule has 2 rings (SSSR count). The molecule has 0 aliphatic heterocycles. The molecule has 9 heteroatoms. The average molecular weight is 320 g/mol. The van der Waals surface area contributed by atoms with Crippen LogP contribution in [0.2, 0.25) is 0 Å². The number of nitrogens with zero attached hydrogens (tertiary/aromatic N) is 2. The molecule has 0 spiro atoms. The molecule has 122 valence electrons. The second kappa shape index (κ2) is 6.86. The van der Waals surface area contributed by atoms with E-state index in [4.69, 9.17) is 0 Å². The maximum atomic E-state index is 12.0. The Morgan fingerprint density at radius 3 is 2.87 bits per heavy atom. The smallest absolute Gasteiger partial charge is 0.326 e. The van der Waals surface area contributed by atoms with Crippen LogP contribution in [0.1, 0.15) is 26.2 Å². The van der Waals surface area contributed by atoms with Crippen molar-refractivity contribution < 1.29 is 14.8 Å². The molecule has 2 aromatic rings. The van der Waals surface area contributed by atoms with Gasteiger partial charge >= 0.3 is 5.97 Å². The highest BCUT2D eigenvalue weighted by molar-refractivity contribution is 5.82. The van der Waals surface area contributed by atoms with Crippen molar-refractivity contribution in [3.8, 4) is 0 Å². The van der Waals surface area contributed by atoms with Gasteiger partial charge in [0.15, 0.2) is 0 Å². The number of benzene rings is 1. The van der Waals surface area contributed by atoms with E-state index < -0.39 is 22.5 Å². The van der Waals surface area contributed by atoms with Gasteiger partial charge in [0.05, 0.1) is 15.8 Å². The number of hydrogen-bond acceptors (Lipinski definition) is 6. The Hall–Kier alpha value is -2.97. The van der Waals surface area contributed by atoms with Crippen molar-refractivity contribution in [2.45, 2.75) is 32.2 Å². The summed E-state index contributed by atoms with van der Waals surface area (Å²) in [5.74, 6) is -1.01. The molecule has 0 aliphatic carbocycles. The van der Waals surface area contributed by atoms with Gasteiger partial charge in [-0.15, -0.1) is 0 Å². The zero-order valence-corrected chi connectivity index (χ0v) is 12.4. The number of aromatic amines is 1. The van der Waals surface area contributed by atoms with E-state index in [2.05, 4.69) is 15.3 Å².